The molecular formula is C48H39N7O5. The fourth-order valence-corrected chi connectivity index (χ4v) is 10.6. The second-order valence-electron chi connectivity index (χ2n) is 16.2. The number of nitrogens with zero attached hydrogens (tertiary/aromatic N) is 3. The van der Waals surface area contributed by atoms with E-state index in [-0.39, 0.29) is 36.1 Å². The molecule has 1 saturated heterocycles. The zero-order chi connectivity index (χ0) is 40.6. The number of imide groups is 1. The minimum atomic E-state index is -0.760. The van der Waals surface area contributed by atoms with Crippen molar-refractivity contribution >= 4 is 94.5 Å². The lowest BCUT2D eigenvalue weighted by Gasteiger charge is -2.48. The van der Waals surface area contributed by atoms with Gasteiger partial charge in [0.25, 0.3) is 17.7 Å². The molecule has 12 nitrogen and oxygen atoms in total. The minimum Gasteiger partial charge on any atom is -0.375 e. The van der Waals surface area contributed by atoms with Gasteiger partial charge in [-0.2, -0.15) is 0 Å². The van der Waals surface area contributed by atoms with E-state index >= 15 is 0 Å². The van der Waals surface area contributed by atoms with E-state index in [2.05, 4.69) is 85.2 Å². The number of methoxy groups -OCH3 is 1. The molecule has 4 atom stereocenters. The third-order valence-electron chi connectivity index (χ3n) is 13.1. The molecule has 60 heavy (non-hydrogen) atoms. The highest BCUT2D eigenvalue weighted by molar-refractivity contribution is 6.43. The van der Waals surface area contributed by atoms with E-state index in [1.807, 2.05) is 67.7 Å². The first-order chi connectivity index (χ1) is 29.3. The van der Waals surface area contributed by atoms with Crippen LogP contribution in [0.1, 0.15) is 41.2 Å². The predicted octanol–water partition coefficient (Wildman–Crippen LogP) is 7.96. The van der Waals surface area contributed by atoms with Crippen LogP contribution in [0.2, 0.25) is 0 Å². The van der Waals surface area contributed by atoms with Crippen molar-refractivity contribution in [2.75, 3.05) is 19.1 Å². The smallest absolute Gasteiger partial charge is 0.268 e. The second kappa shape index (κ2) is 12.5. The number of para-hydroxylation sites is 4. The zero-order valence-electron chi connectivity index (χ0n) is 33.0. The number of carbonyl (C=O) groups is 3. The molecule has 0 aliphatic carbocycles. The van der Waals surface area contributed by atoms with Crippen LogP contribution in [-0.2, 0) is 31.3 Å². The van der Waals surface area contributed by atoms with Crippen molar-refractivity contribution in [2.45, 2.75) is 44.0 Å². The topological polar surface area (TPSA) is 138 Å². The number of likely N-dealkylation sites (N-methyl/N-ethyl adjacent to an activating group) is 1. The summed E-state index contributed by atoms with van der Waals surface area (Å²) < 4.78 is 18.0. The Kier molecular flexibility index (Phi) is 7.30. The number of hydrogen-bond acceptors (Lipinski definition) is 6. The fourth-order valence-electron chi connectivity index (χ4n) is 10.6. The maximum Gasteiger partial charge on any atom is 0.268 e. The highest BCUT2D eigenvalue weighted by atomic mass is 16.6. The summed E-state index contributed by atoms with van der Waals surface area (Å²) in [6.07, 6.45) is 1.72. The van der Waals surface area contributed by atoms with Crippen LogP contribution >= 0.6 is 0 Å². The van der Waals surface area contributed by atoms with Gasteiger partial charge < -0.3 is 39.2 Å². The Hall–Kier alpha value is -6.99. The summed E-state index contributed by atoms with van der Waals surface area (Å²) in [5, 5.41) is 13.0. The molecule has 296 valence electrons. The highest BCUT2D eigenvalue weighted by Crippen LogP contribution is 2.53. The number of carbonyl (C=O) groups excluding carboxylic acids is 3. The van der Waals surface area contributed by atoms with Gasteiger partial charge in [-0.1, -0.05) is 72.8 Å². The molecule has 2 bridgehead atoms. The third kappa shape index (κ3) is 4.57. The molecule has 4 aliphatic heterocycles. The predicted molar refractivity (Wildman–Crippen MR) is 233 cm³/mol. The number of ether oxygens (including phenoxy) is 2. The number of amides is 3. The number of hydrogen-bond donors (Lipinski definition) is 4. The number of rotatable bonds is 4. The molecule has 13 rings (SSSR count). The molecule has 5 aromatic carbocycles. The molecule has 0 radical (unpaired) electrons. The Labute approximate surface area is 342 Å². The van der Waals surface area contributed by atoms with Crippen LogP contribution in [0.4, 0.5) is 5.82 Å². The van der Waals surface area contributed by atoms with Crippen LogP contribution in [0.3, 0.4) is 0 Å². The minimum absolute atomic E-state index is 0.00357. The van der Waals surface area contributed by atoms with Crippen LogP contribution in [0, 0.1) is 0 Å². The molecule has 0 saturated carbocycles. The standard InChI is InChI=1S/C28H26N4O3.C20H13N3O2/c1-28-26(34-3)17(29-2)12-20(35-28)31-18-10-6-4-8-14(18)22-23-16(13-30-27(23)33)21-15-9-5-7-11-19(15)32(28)25(21)24(22)31;24-19-11-14(17-9-12-5-1-3-7-15(12)21-17)20(25)23(19)18-10-13-6-2-4-8-16(13)22-18/h4-11,17,20,26,29H,12-13H2,1-3H3,(H,30,33);1-11,21-22H/t17-,20-,26-,28+;/m0./s1. The molecule has 3 amide bonds. The van der Waals surface area contributed by atoms with Crippen LogP contribution in [0.5, 0.6) is 0 Å². The van der Waals surface area contributed by atoms with Crippen LogP contribution in [-0.4, -0.2) is 63.1 Å². The lowest BCUT2D eigenvalue weighted by Crippen LogP contribution is -2.59. The second-order valence-corrected chi connectivity index (χ2v) is 16.2. The van der Waals surface area contributed by atoms with E-state index in [9.17, 15) is 14.4 Å². The van der Waals surface area contributed by atoms with Gasteiger partial charge in [0.2, 0.25) is 0 Å². The maximum atomic E-state index is 13.3. The molecule has 4 N–H and O–H groups in total. The van der Waals surface area contributed by atoms with Crippen LogP contribution < -0.4 is 15.5 Å². The van der Waals surface area contributed by atoms with E-state index in [1.54, 1.807) is 7.11 Å². The Morgan fingerprint density at radius 1 is 0.800 bits per heavy atom. The highest BCUT2D eigenvalue weighted by Gasteiger charge is 2.53. The SMILES string of the molecule is CN[C@H]1C[C@@H]2O[C@](C)([C@H]1OC)n1c3ccccc3c3c4c(c5c6ccccc6n2c5c31)C(=O)NC4.O=C1C=C(c2cc3ccccc3[nH]2)C(=O)N1c1cc2ccccc2[nH]1. The van der Waals surface area contributed by atoms with Crippen LogP contribution in [0.15, 0.2) is 115 Å². The molecule has 8 heterocycles. The molecular weight excluding hydrogens is 755 g/mol. The Balaban J connectivity index is 0.000000137. The Bertz CT molecular complexity index is 3320. The number of benzene rings is 5. The lowest BCUT2D eigenvalue weighted by atomic mass is 9.93. The van der Waals surface area contributed by atoms with Crippen molar-refractivity contribution in [1.29, 1.82) is 0 Å². The van der Waals surface area contributed by atoms with Gasteiger partial charge in [0.1, 0.15) is 18.1 Å². The van der Waals surface area contributed by atoms with Gasteiger partial charge in [-0.25, -0.2) is 4.90 Å². The number of aromatic nitrogens is 4. The third-order valence-corrected chi connectivity index (χ3v) is 13.1. The number of anilines is 1. The van der Waals surface area contributed by atoms with Crippen molar-refractivity contribution < 1.29 is 23.9 Å². The van der Waals surface area contributed by atoms with Crippen molar-refractivity contribution in [3.8, 4) is 0 Å². The van der Waals surface area contributed by atoms with E-state index < -0.39 is 5.72 Å². The first-order valence-corrected chi connectivity index (χ1v) is 20.2. The van der Waals surface area contributed by atoms with Gasteiger partial charge in [-0.15, -0.1) is 0 Å². The van der Waals surface area contributed by atoms with Gasteiger partial charge in [0.05, 0.1) is 38.9 Å². The van der Waals surface area contributed by atoms with E-state index in [4.69, 9.17) is 9.47 Å². The first-order valence-electron chi connectivity index (χ1n) is 20.2. The molecule has 9 aromatic rings. The molecule has 0 unspecified atom stereocenters. The van der Waals surface area contributed by atoms with Crippen molar-refractivity contribution in [3.63, 3.8) is 0 Å². The monoisotopic (exact) mass is 793 g/mol. The quantitative estimate of drug-likeness (QED) is 0.134. The molecule has 4 aromatic heterocycles. The Morgan fingerprint density at radius 3 is 2.18 bits per heavy atom. The summed E-state index contributed by atoms with van der Waals surface area (Å²) in [6, 6.07) is 36.1. The van der Waals surface area contributed by atoms with E-state index in [0.717, 1.165) is 83.0 Å². The molecule has 12 heteroatoms. The molecule has 1 fully saturated rings. The number of H-pyrrole nitrogens is 2. The van der Waals surface area contributed by atoms with Crippen molar-refractivity contribution in [2.24, 2.45) is 0 Å². The Morgan fingerprint density at radius 2 is 1.47 bits per heavy atom. The molecule has 4 aliphatic rings. The van der Waals surface area contributed by atoms with Gasteiger partial charge in [-0.3, -0.25) is 14.4 Å². The van der Waals surface area contributed by atoms with Gasteiger partial charge in [0.15, 0.2) is 5.72 Å². The summed E-state index contributed by atoms with van der Waals surface area (Å²) >= 11 is 0. The van der Waals surface area contributed by atoms with Crippen LogP contribution in [0.25, 0.3) is 71.0 Å². The fraction of sp³-hybridized carbons (Fsp3) is 0.188. The largest absolute Gasteiger partial charge is 0.375 e. The molecule has 0 spiro atoms. The zero-order valence-corrected chi connectivity index (χ0v) is 33.0. The summed E-state index contributed by atoms with van der Waals surface area (Å²) in [6.45, 7) is 2.68. The van der Waals surface area contributed by atoms with Gasteiger partial charge in [-0.05, 0) is 55.9 Å². The average Bonchev–Trinajstić information content (AvgIpc) is 4.11. The summed E-state index contributed by atoms with van der Waals surface area (Å²) in [7, 11) is 3.77. The number of nitrogens with one attached hydrogen (secondary N) is 4. The number of aromatic amines is 2. The first kappa shape index (κ1) is 35.0. The lowest BCUT2D eigenvalue weighted by molar-refractivity contribution is -0.256. The van der Waals surface area contributed by atoms with Gasteiger partial charge >= 0.3 is 0 Å². The normalized spacial score (nSPS) is 22.1. The number of fused-ring (bicyclic) bond motifs is 15. The summed E-state index contributed by atoms with van der Waals surface area (Å²) in [5.74, 6) is -0.185. The summed E-state index contributed by atoms with van der Waals surface area (Å²) in [5.41, 5.74) is 8.35. The summed E-state index contributed by atoms with van der Waals surface area (Å²) in [4.78, 5) is 46.2. The average molecular weight is 794 g/mol. The van der Waals surface area contributed by atoms with E-state index in [0.29, 0.717) is 23.6 Å². The van der Waals surface area contributed by atoms with Gasteiger partial charge in [0, 0.05) is 75.5 Å². The van der Waals surface area contributed by atoms with E-state index in [1.165, 1.54) is 11.0 Å². The van der Waals surface area contributed by atoms with Crippen molar-refractivity contribution in [3.05, 3.63) is 132 Å². The van der Waals surface area contributed by atoms with Crippen molar-refractivity contribution in [1.82, 2.24) is 29.7 Å². The maximum absolute atomic E-state index is 13.3.